The summed E-state index contributed by atoms with van der Waals surface area (Å²) in [5, 5.41) is 20.0. The van der Waals surface area contributed by atoms with Crippen LogP contribution in [0.25, 0.3) is 0 Å². The van der Waals surface area contributed by atoms with E-state index in [2.05, 4.69) is 4.74 Å². The van der Waals surface area contributed by atoms with Crippen LogP contribution in [-0.4, -0.2) is 41.5 Å². The molecule has 0 aliphatic carbocycles. The fourth-order valence-electron chi connectivity index (χ4n) is 1.51. The minimum Gasteiger partial charge on any atom is -0.465 e. The Bertz CT molecular complexity index is 569. The summed E-state index contributed by atoms with van der Waals surface area (Å²) in [6, 6.07) is 1.61. The van der Waals surface area contributed by atoms with Crippen molar-refractivity contribution in [3.05, 3.63) is 29.3 Å². The van der Waals surface area contributed by atoms with Gasteiger partial charge in [-0.1, -0.05) is 0 Å². The first-order valence-electron chi connectivity index (χ1n) is 6.56. The molecule has 0 aliphatic rings. The summed E-state index contributed by atoms with van der Waals surface area (Å²) < 4.78 is 37.1. The lowest BCUT2D eigenvalue weighted by atomic mass is 9.75. The van der Waals surface area contributed by atoms with Gasteiger partial charge >= 0.3 is 13.1 Å². The Morgan fingerprint density at radius 2 is 1.77 bits per heavy atom. The first kappa shape index (κ1) is 18.5. The predicted octanol–water partition coefficient (Wildman–Crippen LogP) is 1.00. The van der Waals surface area contributed by atoms with Gasteiger partial charge in [0.25, 0.3) is 0 Å². The van der Waals surface area contributed by atoms with Crippen LogP contribution in [0.2, 0.25) is 0 Å². The number of benzene rings is 1. The molecule has 0 spiro atoms. The fraction of sp³-hybridized carbons (Fsp3) is 0.500. The molecular weight excluding hydrogens is 297 g/mol. The van der Waals surface area contributed by atoms with Crippen molar-refractivity contribution in [2.24, 2.45) is 0 Å². The van der Waals surface area contributed by atoms with E-state index in [1.165, 1.54) is 27.7 Å². The maximum Gasteiger partial charge on any atom is 0.494 e. The van der Waals surface area contributed by atoms with Crippen LogP contribution in [-0.2, 0) is 9.39 Å². The van der Waals surface area contributed by atoms with E-state index in [0.717, 1.165) is 13.2 Å². The second-order valence-corrected chi connectivity index (χ2v) is 5.89. The average Bonchev–Trinajstić information content (AvgIpc) is 2.38. The van der Waals surface area contributed by atoms with Crippen molar-refractivity contribution < 1.29 is 33.1 Å². The van der Waals surface area contributed by atoms with E-state index in [1.54, 1.807) is 0 Å². The number of rotatable bonds is 5. The number of carbonyl (C=O) groups excluding carboxylic acids is 1. The molecule has 0 saturated carbocycles. The zero-order chi connectivity index (χ0) is 17.3. The van der Waals surface area contributed by atoms with Crippen LogP contribution in [0.1, 0.15) is 38.1 Å². The molecule has 22 heavy (non-hydrogen) atoms. The van der Waals surface area contributed by atoms with Crippen molar-refractivity contribution in [1.82, 2.24) is 0 Å². The number of aliphatic hydroxyl groups is 1. The highest BCUT2D eigenvalue weighted by Gasteiger charge is 2.40. The van der Waals surface area contributed by atoms with E-state index in [1.807, 2.05) is 0 Å². The van der Waals surface area contributed by atoms with Crippen LogP contribution in [0.15, 0.2) is 12.1 Å². The van der Waals surface area contributed by atoms with Gasteiger partial charge in [-0.05, 0) is 39.8 Å². The molecule has 0 unspecified atom stereocenters. The van der Waals surface area contributed by atoms with Crippen LogP contribution >= 0.6 is 0 Å². The van der Waals surface area contributed by atoms with Gasteiger partial charge in [-0.2, -0.15) is 0 Å². The lowest BCUT2D eigenvalue weighted by Crippen LogP contribution is -2.53. The van der Waals surface area contributed by atoms with Crippen LogP contribution in [0, 0.1) is 11.6 Å². The van der Waals surface area contributed by atoms with E-state index in [0.29, 0.717) is 6.07 Å². The third kappa shape index (κ3) is 3.82. The van der Waals surface area contributed by atoms with Crippen molar-refractivity contribution in [1.29, 1.82) is 0 Å². The summed E-state index contributed by atoms with van der Waals surface area (Å²) in [6.45, 7) is 5.85. The molecule has 122 valence electrons. The topological polar surface area (TPSA) is 76.0 Å². The quantitative estimate of drug-likeness (QED) is 0.626. The Hall–Kier alpha value is -1.51. The Labute approximate surface area is 128 Å². The molecule has 1 rings (SSSR count). The molecular formula is C14H19BF2O5. The van der Waals surface area contributed by atoms with Gasteiger partial charge in [0.1, 0.15) is 0 Å². The molecule has 0 fully saturated rings. The minimum atomic E-state index is -1.87. The summed E-state index contributed by atoms with van der Waals surface area (Å²) in [5.41, 5.74) is -3.45. The van der Waals surface area contributed by atoms with Gasteiger partial charge in [0.15, 0.2) is 11.6 Å². The zero-order valence-corrected chi connectivity index (χ0v) is 13.1. The standard InChI is InChI=1S/C14H19BF2O5/c1-13(2,19)14(3,4)22-15(20)9-6-8(12(18)21-5)7-10(16)11(9)17/h6-7,19-20H,1-5H3. The zero-order valence-electron chi connectivity index (χ0n) is 13.1. The van der Waals surface area contributed by atoms with E-state index >= 15 is 0 Å². The lowest BCUT2D eigenvalue weighted by Gasteiger charge is -2.38. The third-order valence-corrected chi connectivity index (χ3v) is 3.62. The largest absolute Gasteiger partial charge is 0.494 e. The van der Waals surface area contributed by atoms with E-state index in [-0.39, 0.29) is 5.56 Å². The van der Waals surface area contributed by atoms with Gasteiger partial charge in [0, 0.05) is 5.46 Å². The molecule has 0 bridgehead atoms. The second-order valence-electron chi connectivity index (χ2n) is 5.89. The van der Waals surface area contributed by atoms with Gasteiger partial charge in [-0.25, -0.2) is 13.6 Å². The number of methoxy groups -OCH3 is 1. The van der Waals surface area contributed by atoms with E-state index in [4.69, 9.17) is 4.65 Å². The number of carbonyl (C=O) groups is 1. The molecule has 0 aliphatic heterocycles. The monoisotopic (exact) mass is 316 g/mol. The van der Waals surface area contributed by atoms with Crippen molar-refractivity contribution in [2.75, 3.05) is 7.11 Å². The maximum absolute atomic E-state index is 13.8. The molecule has 1 aromatic rings. The summed E-state index contributed by atoms with van der Waals surface area (Å²) in [7, 11) is -0.784. The molecule has 0 heterocycles. The highest BCUT2D eigenvalue weighted by molar-refractivity contribution is 6.60. The Balaban J connectivity index is 3.20. The Kier molecular flexibility index (Phi) is 5.32. The van der Waals surface area contributed by atoms with Crippen molar-refractivity contribution in [3.63, 3.8) is 0 Å². The third-order valence-electron chi connectivity index (χ3n) is 3.62. The van der Waals surface area contributed by atoms with Crippen molar-refractivity contribution in [3.8, 4) is 0 Å². The highest BCUT2D eigenvalue weighted by atomic mass is 19.2. The molecule has 5 nitrogen and oxygen atoms in total. The average molecular weight is 316 g/mol. The van der Waals surface area contributed by atoms with Gasteiger partial charge < -0.3 is 19.5 Å². The summed E-state index contributed by atoms with van der Waals surface area (Å²) in [5.74, 6) is -3.54. The summed E-state index contributed by atoms with van der Waals surface area (Å²) in [4.78, 5) is 11.4. The van der Waals surface area contributed by atoms with E-state index in [9.17, 15) is 23.7 Å². The Morgan fingerprint density at radius 1 is 1.23 bits per heavy atom. The van der Waals surface area contributed by atoms with Gasteiger partial charge in [0.05, 0.1) is 23.9 Å². The number of esters is 1. The number of halogens is 2. The highest BCUT2D eigenvalue weighted by Crippen LogP contribution is 2.25. The number of hydrogen-bond donors (Lipinski definition) is 2. The summed E-state index contributed by atoms with van der Waals surface area (Å²) >= 11 is 0. The van der Waals surface area contributed by atoms with E-state index < -0.39 is 41.4 Å². The normalized spacial score (nSPS) is 12.2. The predicted molar refractivity (Wildman–Crippen MR) is 76.8 cm³/mol. The smallest absolute Gasteiger partial charge is 0.465 e. The SMILES string of the molecule is COC(=O)c1cc(F)c(F)c(B(O)OC(C)(C)C(C)(C)O)c1. The van der Waals surface area contributed by atoms with Crippen molar-refractivity contribution >= 4 is 18.6 Å². The fourth-order valence-corrected chi connectivity index (χ4v) is 1.51. The molecule has 0 atom stereocenters. The molecule has 1 aromatic carbocycles. The number of ether oxygens (including phenoxy) is 1. The summed E-state index contributed by atoms with van der Waals surface area (Å²) in [6.07, 6.45) is 0. The maximum atomic E-state index is 13.8. The molecule has 2 N–H and O–H groups in total. The first-order chi connectivity index (χ1) is 9.90. The molecule has 0 amide bonds. The van der Waals surface area contributed by atoms with Crippen molar-refractivity contribution in [2.45, 2.75) is 38.9 Å². The van der Waals surface area contributed by atoms with Gasteiger partial charge in [-0.15, -0.1) is 0 Å². The first-order valence-corrected chi connectivity index (χ1v) is 6.56. The van der Waals surface area contributed by atoms with Crippen LogP contribution in [0.5, 0.6) is 0 Å². The molecule has 8 heteroatoms. The molecule has 0 saturated heterocycles. The minimum absolute atomic E-state index is 0.264. The lowest BCUT2D eigenvalue weighted by molar-refractivity contribution is -0.0983. The van der Waals surface area contributed by atoms with Crippen LogP contribution < -0.4 is 5.46 Å². The second kappa shape index (κ2) is 6.32. The van der Waals surface area contributed by atoms with Crippen LogP contribution in [0.4, 0.5) is 8.78 Å². The van der Waals surface area contributed by atoms with Gasteiger partial charge in [-0.3, -0.25) is 0 Å². The van der Waals surface area contributed by atoms with Gasteiger partial charge in [0.2, 0.25) is 0 Å². The number of hydrogen-bond acceptors (Lipinski definition) is 5. The molecule has 0 aromatic heterocycles. The molecule has 0 radical (unpaired) electrons. The van der Waals surface area contributed by atoms with Crippen LogP contribution in [0.3, 0.4) is 0 Å². The Morgan fingerprint density at radius 3 is 2.23 bits per heavy atom.